The number of hydrogen-bond donors (Lipinski definition) is 1. The van der Waals surface area contributed by atoms with Crippen molar-refractivity contribution in [2.75, 3.05) is 13.6 Å². The Morgan fingerprint density at radius 3 is 2.41 bits per heavy atom. The highest BCUT2D eigenvalue weighted by atomic mass is 19.4. The van der Waals surface area contributed by atoms with Gasteiger partial charge in [-0.25, -0.2) is 0 Å². The van der Waals surface area contributed by atoms with Crippen molar-refractivity contribution < 1.29 is 17.9 Å². The molecule has 0 aliphatic heterocycles. The lowest BCUT2D eigenvalue weighted by Crippen LogP contribution is -2.16. The molecule has 0 aliphatic rings. The van der Waals surface area contributed by atoms with Crippen LogP contribution in [0.5, 0.6) is 5.75 Å². The van der Waals surface area contributed by atoms with Crippen LogP contribution in [0.3, 0.4) is 0 Å². The second-order valence-corrected chi connectivity index (χ2v) is 4.93. The normalized spacial score (nSPS) is 12.9. The molecule has 0 unspecified atom stereocenters. The first-order valence-electron chi connectivity index (χ1n) is 7.04. The number of rotatable bonds is 6. The van der Waals surface area contributed by atoms with Crippen molar-refractivity contribution in [2.45, 2.75) is 18.7 Å². The Bertz CT molecular complexity index is 584. The zero-order valence-electron chi connectivity index (χ0n) is 12.2. The SMILES string of the molecule is CNCC[C@H](Oc1cccc(C(F)(F)F)c1)c1ccccc1. The maximum atomic E-state index is 12.8. The van der Waals surface area contributed by atoms with Crippen molar-refractivity contribution in [3.05, 3.63) is 65.7 Å². The fourth-order valence-corrected chi connectivity index (χ4v) is 2.15. The van der Waals surface area contributed by atoms with Crippen LogP contribution in [0.25, 0.3) is 0 Å². The lowest BCUT2D eigenvalue weighted by Gasteiger charge is -2.20. The van der Waals surface area contributed by atoms with Crippen LogP contribution in [0.1, 0.15) is 23.7 Å². The molecule has 0 aliphatic carbocycles. The third-order valence-corrected chi connectivity index (χ3v) is 3.27. The summed E-state index contributed by atoms with van der Waals surface area (Å²) < 4.78 is 44.1. The van der Waals surface area contributed by atoms with E-state index in [0.29, 0.717) is 13.0 Å². The Morgan fingerprint density at radius 1 is 1.05 bits per heavy atom. The molecule has 0 bridgehead atoms. The molecule has 0 heterocycles. The molecule has 2 aromatic rings. The number of alkyl halides is 3. The summed E-state index contributed by atoms with van der Waals surface area (Å²) in [4.78, 5) is 0. The van der Waals surface area contributed by atoms with Gasteiger partial charge in [0.05, 0.1) is 5.56 Å². The van der Waals surface area contributed by atoms with Gasteiger partial charge < -0.3 is 10.1 Å². The van der Waals surface area contributed by atoms with E-state index >= 15 is 0 Å². The van der Waals surface area contributed by atoms with Gasteiger partial charge in [0.2, 0.25) is 0 Å². The first-order chi connectivity index (χ1) is 10.5. The van der Waals surface area contributed by atoms with E-state index in [-0.39, 0.29) is 11.9 Å². The molecule has 2 nitrogen and oxygen atoms in total. The Hall–Kier alpha value is -2.01. The first-order valence-corrected chi connectivity index (χ1v) is 7.04. The van der Waals surface area contributed by atoms with E-state index in [2.05, 4.69) is 5.32 Å². The number of nitrogens with one attached hydrogen (secondary N) is 1. The van der Waals surface area contributed by atoms with Crippen molar-refractivity contribution in [2.24, 2.45) is 0 Å². The van der Waals surface area contributed by atoms with Gasteiger partial charge in [-0.15, -0.1) is 0 Å². The van der Waals surface area contributed by atoms with Gasteiger partial charge in [-0.3, -0.25) is 0 Å². The van der Waals surface area contributed by atoms with Gasteiger partial charge in [0.25, 0.3) is 0 Å². The third kappa shape index (κ3) is 4.49. The standard InChI is InChI=1S/C17H18F3NO/c1-21-11-10-16(13-6-3-2-4-7-13)22-15-9-5-8-14(12-15)17(18,19)20/h2-9,12,16,21H,10-11H2,1H3/t16-/m0/s1. The summed E-state index contributed by atoms with van der Waals surface area (Å²) in [5, 5.41) is 3.03. The Kier molecular flexibility index (Phi) is 5.44. The lowest BCUT2D eigenvalue weighted by molar-refractivity contribution is -0.137. The van der Waals surface area contributed by atoms with Gasteiger partial charge >= 0.3 is 6.18 Å². The van der Waals surface area contributed by atoms with Crippen LogP contribution in [0.15, 0.2) is 54.6 Å². The minimum atomic E-state index is -4.37. The van der Waals surface area contributed by atoms with E-state index in [1.54, 1.807) is 6.07 Å². The maximum absolute atomic E-state index is 12.8. The molecule has 0 radical (unpaired) electrons. The molecule has 0 amide bonds. The van der Waals surface area contributed by atoms with E-state index in [1.165, 1.54) is 6.07 Å². The zero-order chi connectivity index (χ0) is 16.0. The summed E-state index contributed by atoms with van der Waals surface area (Å²) >= 11 is 0. The van der Waals surface area contributed by atoms with E-state index in [1.807, 2.05) is 37.4 Å². The Balaban J connectivity index is 2.20. The monoisotopic (exact) mass is 309 g/mol. The van der Waals surface area contributed by atoms with Crippen LogP contribution in [0.2, 0.25) is 0 Å². The highest BCUT2D eigenvalue weighted by Crippen LogP contribution is 2.33. The van der Waals surface area contributed by atoms with E-state index < -0.39 is 11.7 Å². The summed E-state index contributed by atoms with van der Waals surface area (Å²) in [6, 6.07) is 14.5. The van der Waals surface area contributed by atoms with Crippen molar-refractivity contribution in [1.82, 2.24) is 5.32 Å². The van der Waals surface area contributed by atoms with Crippen LogP contribution in [0.4, 0.5) is 13.2 Å². The highest BCUT2D eigenvalue weighted by molar-refractivity contribution is 5.31. The van der Waals surface area contributed by atoms with Crippen LogP contribution in [-0.4, -0.2) is 13.6 Å². The third-order valence-electron chi connectivity index (χ3n) is 3.27. The molecule has 0 saturated carbocycles. The van der Waals surface area contributed by atoms with Crippen molar-refractivity contribution in [1.29, 1.82) is 0 Å². The second kappa shape index (κ2) is 7.31. The fourth-order valence-electron chi connectivity index (χ4n) is 2.15. The van der Waals surface area contributed by atoms with Gasteiger partial charge in [0.1, 0.15) is 11.9 Å². The van der Waals surface area contributed by atoms with Crippen LogP contribution >= 0.6 is 0 Å². The molecule has 2 rings (SSSR count). The molecule has 2 aromatic carbocycles. The van der Waals surface area contributed by atoms with Crippen molar-refractivity contribution in [3.8, 4) is 5.75 Å². The molecule has 1 N–H and O–H groups in total. The van der Waals surface area contributed by atoms with Gasteiger partial charge in [0, 0.05) is 6.42 Å². The predicted molar refractivity (Wildman–Crippen MR) is 79.8 cm³/mol. The largest absolute Gasteiger partial charge is 0.486 e. The van der Waals surface area contributed by atoms with E-state index in [4.69, 9.17) is 4.74 Å². The molecule has 118 valence electrons. The average molecular weight is 309 g/mol. The molecule has 1 atom stereocenters. The first kappa shape index (κ1) is 16.4. The van der Waals surface area contributed by atoms with Crippen LogP contribution in [0, 0.1) is 0 Å². The number of hydrogen-bond acceptors (Lipinski definition) is 2. The smallest absolute Gasteiger partial charge is 0.416 e. The second-order valence-electron chi connectivity index (χ2n) is 4.93. The molecule has 0 fully saturated rings. The van der Waals surface area contributed by atoms with Crippen molar-refractivity contribution in [3.63, 3.8) is 0 Å². The predicted octanol–water partition coefficient (Wildman–Crippen LogP) is 4.44. The number of ether oxygens (including phenoxy) is 1. The molecule has 0 aromatic heterocycles. The topological polar surface area (TPSA) is 21.3 Å². The molecule has 5 heteroatoms. The fraction of sp³-hybridized carbons (Fsp3) is 0.294. The van der Waals surface area contributed by atoms with Crippen LogP contribution < -0.4 is 10.1 Å². The molecule has 0 saturated heterocycles. The van der Waals surface area contributed by atoms with Crippen LogP contribution in [-0.2, 0) is 6.18 Å². The molecular formula is C17H18F3NO. The maximum Gasteiger partial charge on any atom is 0.416 e. The summed E-state index contributed by atoms with van der Waals surface area (Å²) in [6.07, 6.45) is -4.00. The molecular weight excluding hydrogens is 291 g/mol. The van der Waals surface area contributed by atoms with Crippen molar-refractivity contribution >= 4 is 0 Å². The number of benzene rings is 2. The Morgan fingerprint density at radius 2 is 1.77 bits per heavy atom. The van der Waals surface area contributed by atoms with E-state index in [0.717, 1.165) is 17.7 Å². The Labute approximate surface area is 127 Å². The summed E-state index contributed by atoms with van der Waals surface area (Å²) in [5.41, 5.74) is 0.237. The minimum Gasteiger partial charge on any atom is -0.486 e. The average Bonchev–Trinajstić information content (AvgIpc) is 2.52. The summed E-state index contributed by atoms with van der Waals surface area (Å²) in [7, 11) is 1.83. The van der Waals surface area contributed by atoms with Gasteiger partial charge in [-0.1, -0.05) is 36.4 Å². The zero-order valence-corrected chi connectivity index (χ0v) is 12.2. The molecule has 0 spiro atoms. The van der Waals surface area contributed by atoms with Gasteiger partial charge in [-0.05, 0) is 37.4 Å². The minimum absolute atomic E-state index is 0.222. The van der Waals surface area contributed by atoms with Gasteiger partial charge in [0.15, 0.2) is 0 Å². The number of halogens is 3. The molecule has 22 heavy (non-hydrogen) atoms. The van der Waals surface area contributed by atoms with E-state index in [9.17, 15) is 13.2 Å². The lowest BCUT2D eigenvalue weighted by atomic mass is 10.1. The quantitative estimate of drug-likeness (QED) is 0.852. The summed E-state index contributed by atoms with van der Waals surface area (Å²) in [6.45, 7) is 0.707. The summed E-state index contributed by atoms with van der Waals surface area (Å²) in [5.74, 6) is 0.222. The van der Waals surface area contributed by atoms with Gasteiger partial charge in [-0.2, -0.15) is 13.2 Å². The highest BCUT2D eigenvalue weighted by Gasteiger charge is 2.30.